The lowest BCUT2D eigenvalue weighted by Crippen LogP contribution is -2.45. The van der Waals surface area contributed by atoms with Crippen molar-refractivity contribution < 1.29 is 27.1 Å². The Hall–Kier alpha value is -1.51. The van der Waals surface area contributed by atoms with Gasteiger partial charge in [0.2, 0.25) is 10.0 Å². The second kappa shape index (κ2) is 6.72. The van der Waals surface area contributed by atoms with E-state index in [1.807, 2.05) is 6.92 Å². The number of rotatable bonds is 4. The summed E-state index contributed by atoms with van der Waals surface area (Å²) in [4.78, 5) is 11.4. The van der Waals surface area contributed by atoms with Crippen molar-refractivity contribution in [1.29, 1.82) is 0 Å². The van der Waals surface area contributed by atoms with E-state index in [1.165, 1.54) is 4.31 Å². The lowest BCUT2D eigenvalue weighted by atomic mass is 10.2. The van der Waals surface area contributed by atoms with Gasteiger partial charge in [-0.1, -0.05) is 6.92 Å². The third kappa shape index (κ3) is 3.29. The number of sulfonamides is 1. The highest BCUT2D eigenvalue weighted by atomic mass is 32.2. The van der Waals surface area contributed by atoms with Crippen LogP contribution in [-0.2, 0) is 19.5 Å². The first-order chi connectivity index (χ1) is 10.4. The predicted octanol–water partition coefficient (Wildman–Crippen LogP) is 1.41. The smallest absolute Gasteiger partial charge is 0.339 e. The molecule has 0 aliphatic carbocycles. The minimum absolute atomic E-state index is 0.163. The molecule has 0 radical (unpaired) electrons. The molecule has 1 saturated heterocycles. The van der Waals surface area contributed by atoms with Gasteiger partial charge in [-0.2, -0.15) is 4.31 Å². The first kappa shape index (κ1) is 16.9. The van der Waals surface area contributed by atoms with Gasteiger partial charge in [-0.15, -0.1) is 0 Å². The Kier molecular flexibility index (Phi) is 5.15. The van der Waals surface area contributed by atoms with Gasteiger partial charge in [0.05, 0.1) is 30.3 Å². The molecular weight excluding hydrogens is 313 g/mol. The number of carbonyl (C=O) groups is 1. The fourth-order valence-electron chi connectivity index (χ4n) is 2.28. The van der Waals surface area contributed by atoms with E-state index in [0.29, 0.717) is 6.42 Å². The van der Waals surface area contributed by atoms with E-state index >= 15 is 0 Å². The lowest BCUT2D eigenvalue weighted by molar-refractivity contribution is -0.00280. The summed E-state index contributed by atoms with van der Waals surface area (Å²) in [5.74, 6) is -1.55. The molecule has 1 aliphatic rings. The second-order valence-corrected chi connectivity index (χ2v) is 6.80. The molecule has 1 heterocycles. The number of ether oxygens (including phenoxy) is 2. The van der Waals surface area contributed by atoms with Crippen molar-refractivity contribution in [3.8, 4) is 0 Å². The maximum Gasteiger partial charge on any atom is 0.339 e. The number of methoxy groups -OCH3 is 1. The standard InChI is InChI=1S/C14H18FNO5S/c1-3-11-9-16(6-7-21-11)22(18,19)13-8-10(15)4-5-12(13)14(17)20-2/h4-5,8,11H,3,6-7,9H2,1-2H3/t11-/m1/s1. The number of esters is 1. The van der Waals surface area contributed by atoms with Gasteiger partial charge in [0.15, 0.2) is 0 Å². The van der Waals surface area contributed by atoms with Crippen LogP contribution in [-0.4, -0.2) is 51.6 Å². The van der Waals surface area contributed by atoms with Gasteiger partial charge >= 0.3 is 5.97 Å². The quantitative estimate of drug-likeness (QED) is 0.780. The zero-order valence-electron chi connectivity index (χ0n) is 12.4. The Bertz CT molecular complexity index is 661. The number of carbonyl (C=O) groups excluding carboxylic acids is 1. The summed E-state index contributed by atoms with van der Waals surface area (Å²) in [7, 11) is -2.86. The molecule has 0 saturated carbocycles. The molecule has 0 aromatic heterocycles. The summed E-state index contributed by atoms with van der Waals surface area (Å²) in [5, 5.41) is 0. The molecule has 0 bridgehead atoms. The van der Waals surface area contributed by atoms with E-state index < -0.39 is 21.8 Å². The van der Waals surface area contributed by atoms with Crippen LogP contribution in [0.2, 0.25) is 0 Å². The van der Waals surface area contributed by atoms with E-state index in [2.05, 4.69) is 4.74 Å². The lowest BCUT2D eigenvalue weighted by Gasteiger charge is -2.32. The second-order valence-electron chi connectivity index (χ2n) is 4.90. The van der Waals surface area contributed by atoms with Gasteiger partial charge < -0.3 is 9.47 Å². The van der Waals surface area contributed by atoms with Gasteiger partial charge in [0.25, 0.3) is 0 Å². The van der Waals surface area contributed by atoms with E-state index in [-0.39, 0.29) is 36.3 Å². The Morgan fingerprint density at radius 2 is 2.23 bits per heavy atom. The van der Waals surface area contributed by atoms with Crippen molar-refractivity contribution in [3.63, 3.8) is 0 Å². The van der Waals surface area contributed by atoms with Gasteiger partial charge in [-0.25, -0.2) is 17.6 Å². The average Bonchev–Trinajstić information content (AvgIpc) is 2.54. The largest absolute Gasteiger partial charge is 0.465 e. The molecule has 6 nitrogen and oxygen atoms in total. The molecule has 1 fully saturated rings. The molecule has 8 heteroatoms. The molecule has 0 N–H and O–H groups in total. The molecule has 1 aliphatic heterocycles. The van der Waals surface area contributed by atoms with Crippen molar-refractivity contribution >= 4 is 16.0 Å². The van der Waals surface area contributed by atoms with Crippen LogP contribution in [0.4, 0.5) is 4.39 Å². The summed E-state index contributed by atoms with van der Waals surface area (Å²) in [6, 6.07) is 2.99. The van der Waals surface area contributed by atoms with Crippen molar-refractivity contribution in [3.05, 3.63) is 29.6 Å². The predicted molar refractivity (Wildman–Crippen MR) is 76.5 cm³/mol. The number of hydrogen-bond donors (Lipinski definition) is 0. The highest BCUT2D eigenvalue weighted by molar-refractivity contribution is 7.89. The maximum absolute atomic E-state index is 13.5. The Morgan fingerprint density at radius 1 is 1.50 bits per heavy atom. The molecule has 22 heavy (non-hydrogen) atoms. The van der Waals surface area contributed by atoms with Crippen molar-refractivity contribution in [2.75, 3.05) is 26.8 Å². The summed E-state index contributed by atoms with van der Waals surface area (Å²) in [5.41, 5.74) is -0.177. The maximum atomic E-state index is 13.5. The molecule has 122 valence electrons. The van der Waals surface area contributed by atoms with Crippen LogP contribution >= 0.6 is 0 Å². The van der Waals surface area contributed by atoms with Gasteiger partial charge in [-0.3, -0.25) is 0 Å². The molecule has 0 spiro atoms. The Labute approximate surface area is 128 Å². The summed E-state index contributed by atoms with van der Waals surface area (Å²) < 4.78 is 50.2. The summed E-state index contributed by atoms with van der Waals surface area (Å²) >= 11 is 0. The monoisotopic (exact) mass is 331 g/mol. The zero-order chi connectivity index (χ0) is 16.3. The third-order valence-corrected chi connectivity index (χ3v) is 5.43. The van der Waals surface area contributed by atoms with Gasteiger partial charge in [-0.05, 0) is 24.6 Å². The zero-order valence-corrected chi connectivity index (χ0v) is 13.2. The van der Waals surface area contributed by atoms with Crippen LogP contribution < -0.4 is 0 Å². The van der Waals surface area contributed by atoms with Crippen molar-refractivity contribution in [1.82, 2.24) is 4.31 Å². The fraction of sp³-hybridized carbons (Fsp3) is 0.500. The van der Waals surface area contributed by atoms with E-state index in [1.54, 1.807) is 0 Å². The van der Waals surface area contributed by atoms with Crippen LogP contribution in [0, 0.1) is 5.82 Å². The Balaban J connectivity index is 2.44. The van der Waals surface area contributed by atoms with Crippen LogP contribution in [0.25, 0.3) is 0 Å². The van der Waals surface area contributed by atoms with Crippen LogP contribution in [0.1, 0.15) is 23.7 Å². The number of nitrogens with zero attached hydrogens (tertiary/aromatic N) is 1. The van der Waals surface area contributed by atoms with Gasteiger partial charge in [0, 0.05) is 13.1 Å². The van der Waals surface area contributed by atoms with Crippen molar-refractivity contribution in [2.24, 2.45) is 0 Å². The van der Waals surface area contributed by atoms with Crippen molar-refractivity contribution in [2.45, 2.75) is 24.3 Å². The molecule has 1 aromatic rings. The molecule has 0 amide bonds. The molecule has 1 aromatic carbocycles. The third-order valence-electron chi connectivity index (χ3n) is 3.52. The number of halogens is 1. The number of benzene rings is 1. The number of hydrogen-bond acceptors (Lipinski definition) is 5. The molecule has 1 atom stereocenters. The van der Waals surface area contributed by atoms with Crippen LogP contribution in [0.5, 0.6) is 0 Å². The first-order valence-corrected chi connectivity index (χ1v) is 8.33. The molecule has 0 unspecified atom stereocenters. The fourth-order valence-corrected chi connectivity index (χ4v) is 3.93. The Morgan fingerprint density at radius 3 is 2.86 bits per heavy atom. The molecule has 2 rings (SSSR count). The minimum Gasteiger partial charge on any atom is -0.465 e. The average molecular weight is 331 g/mol. The van der Waals surface area contributed by atoms with Crippen LogP contribution in [0.15, 0.2) is 23.1 Å². The summed E-state index contributed by atoms with van der Waals surface area (Å²) in [6.45, 7) is 2.50. The van der Waals surface area contributed by atoms with E-state index in [9.17, 15) is 17.6 Å². The molecular formula is C14H18FNO5S. The minimum atomic E-state index is -4.00. The summed E-state index contributed by atoms with van der Waals surface area (Å²) in [6.07, 6.45) is 0.456. The van der Waals surface area contributed by atoms with Gasteiger partial charge in [0.1, 0.15) is 5.82 Å². The van der Waals surface area contributed by atoms with E-state index in [0.717, 1.165) is 25.3 Å². The van der Waals surface area contributed by atoms with Crippen LogP contribution in [0.3, 0.4) is 0 Å². The highest BCUT2D eigenvalue weighted by Crippen LogP contribution is 2.24. The topological polar surface area (TPSA) is 72.9 Å². The first-order valence-electron chi connectivity index (χ1n) is 6.89. The SMILES string of the molecule is CC[C@@H]1CN(S(=O)(=O)c2cc(F)ccc2C(=O)OC)CCO1. The normalized spacial score (nSPS) is 19.9. The highest BCUT2D eigenvalue weighted by Gasteiger charge is 2.33. The number of morpholine rings is 1. The van der Waals surface area contributed by atoms with E-state index in [4.69, 9.17) is 4.74 Å².